The van der Waals surface area contributed by atoms with Crippen molar-refractivity contribution in [2.24, 2.45) is 5.92 Å². The monoisotopic (exact) mass is 479 g/mol. The summed E-state index contributed by atoms with van der Waals surface area (Å²) in [5.74, 6) is 1.14. The Labute approximate surface area is 205 Å². The van der Waals surface area contributed by atoms with Crippen LogP contribution in [0.15, 0.2) is 48.5 Å². The van der Waals surface area contributed by atoms with Gasteiger partial charge in [0.2, 0.25) is 0 Å². The van der Waals surface area contributed by atoms with E-state index in [0.29, 0.717) is 12.5 Å². The van der Waals surface area contributed by atoms with E-state index in [2.05, 4.69) is 38.0 Å². The van der Waals surface area contributed by atoms with Crippen molar-refractivity contribution in [1.82, 2.24) is 30.4 Å². The maximum Gasteiger partial charge on any atom is 0.319 e. The van der Waals surface area contributed by atoms with E-state index in [-0.39, 0.29) is 11.8 Å². The maximum atomic E-state index is 13.1. The summed E-state index contributed by atoms with van der Waals surface area (Å²) in [7, 11) is 0. The predicted octanol–water partition coefficient (Wildman–Crippen LogP) is 4.36. The number of benzene rings is 2. The smallest absolute Gasteiger partial charge is 0.319 e. The Kier molecular flexibility index (Phi) is 8.78. The molecule has 8 nitrogen and oxygen atoms in total. The Bertz CT molecular complexity index is 1070. The van der Waals surface area contributed by atoms with Crippen LogP contribution in [-0.2, 0) is 13.0 Å². The summed E-state index contributed by atoms with van der Waals surface area (Å²) < 4.78 is 14.9. The van der Waals surface area contributed by atoms with E-state index in [9.17, 15) is 9.18 Å². The summed E-state index contributed by atoms with van der Waals surface area (Å²) in [5.41, 5.74) is 2.83. The van der Waals surface area contributed by atoms with Gasteiger partial charge < -0.3 is 15.5 Å². The number of carbonyl (C=O) groups is 1. The summed E-state index contributed by atoms with van der Waals surface area (Å²) in [6, 6.07) is 14.2. The fourth-order valence-corrected chi connectivity index (χ4v) is 4.63. The number of tetrazole rings is 1. The lowest BCUT2D eigenvalue weighted by Gasteiger charge is -2.32. The van der Waals surface area contributed by atoms with Gasteiger partial charge in [0.15, 0.2) is 5.82 Å². The number of amides is 2. The van der Waals surface area contributed by atoms with Crippen LogP contribution in [0.3, 0.4) is 0 Å². The van der Waals surface area contributed by atoms with Crippen LogP contribution in [0, 0.1) is 11.7 Å². The van der Waals surface area contributed by atoms with Gasteiger partial charge in [0, 0.05) is 30.9 Å². The first-order chi connectivity index (χ1) is 17.1. The number of carbonyl (C=O) groups excluding carboxylic acids is 1. The minimum absolute atomic E-state index is 0.182. The van der Waals surface area contributed by atoms with Gasteiger partial charge in [-0.3, -0.25) is 0 Å². The molecule has 2 heterocycles. The van der Waals surface area contributed by atoms with Gasteiger partial charge in [-0.15, -0.1) is 5.10 Å². The lowest BCUT2D eigenvalue weighted by Crippen LogP contribution is -2.38. The Morgan fingerprint density at radius 1 is 1.11 bits per heavy atom. The van der Waals surface area contributed by atoms with Gasteiger partial charge in [-0.2, -0.15) is 0 Å². The van der Waals surface area contributed by atoms with Crippen LogP contribution in [0.5, 0.6) is 0 Å². The van der Waals surface area contributed by atoms with Gasteiger partial charge in [0.25, 0.3) is 0 Å². The van der Waals surface area contributed by atoms with Gasteiger partial charge in [-0.1, -0.05) is 19.1 Å². The minimum atomic E-state index is -0.207. The Hall–Kier alpha value is -3.33. The molecule has 4 rings (SSSR count). The number of halogens is 1. The molecular weight excluding hydrogens is 445 g/mol. The van der Waals surface area contributed by atoms with E-state index in [0.717, 1.165) is 62.5 Å². The molecule has 1 aromatic heterocycles. The average molecular weight is 480 g/mol. The van der Waals surface area contributed by atoms with E-state index in [1.807, 2.05) is 36.4 Å². The first kappa shape index (κ1) is 24.8. The summed E-state index contributed by atoms with van der Waals surface area (Å²) in [6.07, 6.45) is 5.23. The quantitative estimate of drug-likeness (QED) is 0.422. The molecule has 1 fully saturated rings. The Morgan fingerprint density at radius 3 is 2.69 bits per heavy atom. The third kappa shape index (κ3) is 7.32. The second-order valence-electron chi connectivity index (χ2n) is 9.18. The van der Waals surface area contributed by atoms with Crippen LogP contribution in [0.4, 0.5) is 14.9 Å². The molecular formula is C26H34FN7O. The molecule has 2 amide bonds. The van der Waals surface area contributed by atoms with Crippen LogP contribution < -0.4 is 10.6 Å². The number of rotatable bonds is 10. The number of likely N-dealkylation sites (tertiary alicyclic amines) is 1. The van der Waals surface area contributed by atoms with E-state index in [1.54, 1.807) is 16.8 Å². The first-order valence-corrected chi connectivity index (χ1v) is 12.5. The highest BCUT2D eigenvalue weighted by molar-refractivity contribution is 5.89. The van der Waals surface area contributed by atoms with Crippen molar-refractivity contribution in [1.29, 1.82) is 0 Å². The zero-order valence-corrected chi connectivity index (χ0v) is 20.3. The highest BCUT2D eigenvalue weighted by atomic mass is 19.1. The standard InChI is InChI=1S/C26H34FN7O/c1-2-15-34-25(30-31-32-34)22-8-12-24(13-9-22)29-26(35)28-14-4-17-33-16-3-5-21(19-33)18-20-6-10-23(27)11-7-20/h6-13,21H,2-5,14-19H2,1H3,(H2,28,29,35). The molecule has 186 valence electrons. The van der Waals surface area contributed by atoms with Gasteiger partial charge in [-0.05, 0) is 103 Å². The molecule has 0 bridgehead atoms. The number of nitrogens with one attached hydrogen (secondary N) is 2. The number of urea groups is 1. The second-order valence-corrected chi connectivity index (χ2v) is 9.18. The summed E-state index contributed by atoms with van der Waals surface area (Å²) in [4.78, 5) is 14.8. The molecule has 0 aliphatic carbocycles. The molecule has 1 saturated heterocycles. The molecule has 1 aliphatic heterocycles. The molecule has 2 N–H and O–H groups in total. The summed E-state index contributed by atoms with van der Waals surface area (Å²) >= 11 is 0. The molecule has 0 radical (unpaired) electrons. The fraction of sp³-hybridized carbons (Fsp3) is 0.462. The average Bonchev–Trinajstić information content (AvgIpc) is 3.33. The highest BCUT2D eigenvalue weighted by Gasteiger charge is 2.20. The molecule has 0 spiro atoms. The molecule has 3 aromatic rings. The summed E-state index contributed by atoms with van der Waals surface area (Å²) in [5, 5.41) is 17.7. The lowest BCUT2D eigenvalue weighted by atomic mass is 9.91. The Morgan fingerprint density at radius 2 is 1.91 bits per heavy atom. The number of aromatic nitrogens is 4. The van der Waals surface area contributed by atoms with Crippen LogP contribution in [0.1, 0.15) is 38.2 Å². The van der Waals surface area contributed by atoms with E-state index in [1.165, 1.54) is 18.4 Å². The number of aryl methyl sites for hydroxylation is 1. The molecule has 1 atom stereocenters. The van der Waals surface area contributed by atoms with Crippen LogP contribution >= 0.6 is 0 Å². The van der Waals surface area contributed by atoms with Crippen molar-refractivity contribution in [3.8, 4) is 11.4 Å². The SMILES string of the molecule is CCCn1nnnc1-c1ccc(NC(=O)NCCCN2CCCC(Cc3ccc(F)cc3)C2)cc1. The van der Waals surface area contributed by atoms with Crippen molar-refractivity contribution in [2.45, 2.75) is 45.6 Å². The van der Waals surface area contributed by atoms with Crippen LogP contribution in [0.25, 0.3) is 11.4 Å². The minimum Gasteiger partial charge on any atom is -0.338 e. The van der Waals surface area contributed by atoms with Gasteiger partial charge >= 0.3 is 6.03 Å². The topological polar surface area (TPSA) is 88.0 Å². The van der Waals surface area contributed by atoms with Crippen molar-refractivity contribution < 1.29 is 9.18 Å². The normalized spacial score (nSPS) is 16.2. The number of hydrogen-bond donors (Lipinski definition) is 2. The fourth-order valence-electron chi connectivity index (χ4n) is 4.63. The first-order valence-electron chi connectivity index (χ1n) is 12.5. The number of hydrogen-bond acceptors (Lipinski definition) is 5. The van der Waals surface area contributed by atoms with Crippen molar-refractivity contribution in [2.75, 3.05) is 31.5 Å². The number of piperidine rings is 1. The van der Waals surface area contributed by atoms with Crippen molar-refractivity contribution in [3.63, 3.8) is 0 Å². The van der Waals surface area contributed by atoms with Gasteiger partial charge in [0.1, 0.15) is 5.82 Å². The van der Waals surface area contributed by atoms with Crippen molar-refractivity contribution >= 4 is 11.7 Å². The molecule has 1 aliphatic rings. The van der Waals surface area contributed by atoms with Crippen LogP contribution in [0.2, 0.25) is 0 Å². The molecule has 35 heavy (non-hydrogen) atoms. The maximum absolute atomic E-state index is 13.1. The lowest BCUT2D eigenvalue weighted by molar-refractivity contribution is 0.172. The second kappa shape index (κ2) is 12.4. The van der Waals surface area contributed by atoms with E-state index in [4.69, 9.17) is 0 Å². The molecule has 1 unspecified atom stereocenters. The number of nitrogens with zero attached hydrogens (tertiary/aromatic N) is 5. The van der Waals surface area contributed by atoms with E-state index < -0.39 is 0 Å². The van der Waals surface area contributed by atoms with Crippen molar-refractivity contribution in [3.05, 3.63) is 59.9 Å². The zero-order valence-electron chi connectivity index (χ0n) is 20.3. The van der Waals surface area contributed by atoms with E-state index >= 15 is 0 Å². The van der Waals surface area contributed by atoms with Gasteiger partial charge in [0.05, 0.1) is 0 Å². The summed E-state index contributed by atoms with van der Waals surface area (Å²) in [6.45, 7) is 6.57. The highest BCUT2D eigenvalue weighted by Crippen LogP contribution is 2.21. The zero-order chi connectivity index (χ0) is 24.5. The van der Waals surface area contributed by atoms with Gasteiger partial charge in [-0.25, -0.2) is 13.9 Å². The third-order valence-corrected chi connectivity index (χ3v) is 6.35. The largest absolute Gasteiger partial charge is 0.338 e. The predicted molar refractivity (Wildman–Crippen MR) is 134 cm³/mol. The molecule has 0 saturated carbocycles. The molecule has 9 heteroatoms. The third-order valence-electron chi connectivity index (χ3n) is 6.35. The number of anilines is 1. The molecule has 2 aromatic carbocycles. The van der Waals surface area contributed by atoms with Crippen LogP contribution in [-0.4, -0.2) is 57.3 Å². The Balaban J connectivity index is 1.15.